The SMILES string of the molecule is CNC[C@]1(O)Cc2cc(OC)ccc2[C@@H]1Oc1ccccc1C. The quantitative estimate of drug-likeness (QED) is 0.891. The van der Waals surface area contributed by atoms with E-state index in [1.165, 1.54) is 0 Å². The topological polar surface area (TPSA) is 50.7 Å². The zero-order valence-electron chi connectivity index (χ0n) is 13.8. The molecule has 0 bridgehead atoms. The third-order valence-electron chi connectivity index (χ3n) is 4.44. The van der Waals surface area contributed by atoms with Gasteiger partial charge >= 0.3 is 0 Å². The molecule has 122 valence electrons. The number of aliphatic hydroxyl groups is 1. The Labute approximate surface area is 137 Å². The zero-order valence-corrected chi connectivity index (χ0v) is 13.8. The van der Waals surface area contributed by atoms with E-state index in [0.717, 1.165) is 28.2 Å². The molecule has 4 nitrogen and oxygen atoms in total. The first-order valence-electron chi connectivity index (χ1n) is 7.83. The number of hydrogen-bond acceptors (Lipinski definition) is 4. The smallest absolute Gasteiger partial charge is 0.154 e. The number of methoxy groups -OCH3 is 1. The molecule has 0 amide bonds. The van der Waals surface area contributed by atoms with Crippen molar-refractivity contribution >= 4 is 0 Å². The van der Waals surface area contributed by atoms with Crippen molar-refractivity contribution in [2.45, 2.75) is 25.0 Å². The number of ether oxygens (including phenoxy) is 2. The van der Waals surface area contributed by atoms with E-state index in [0.29, 0.717) is 13.0 Å². The van der Waals surface area contributed by atoms with Crippen LogP contribution in [0.3, 0.4) is 0 Å². The van der Waals surface area contributed by atoms with Gasteiger partial charge in [0.2, 0.25) is 0 Å². The molecule has 0 fully saturated rings. The number of fused-ring (bicyclic) bond motifs is 1. The molecular weight excluding hydrogens is 290 g/mol. The average Bonchev–Trinajstić information content (AvgIpc) is 2.81. The fourth-order valence-electron chi connectivity index (χ4n) is 3.28. The van der Waals surface area contributed by atoms with Gasteiger partial charge in [0.15, 0.2) is 6.10 Å². The molecule has 1 aliphatic carbocycles. The first kappa shape index (κ1) is 15.8. The fourth-order valence-corrected chi connectivity index (χ4v) is 3.28. The second-order valence-corrected chi connectivity index (χ2v) is 6.14. The van der Waals surface area contributed by atoms with Crippen LogP contribution < -0.4 is 14.8 Å². The lowest BCUT2D eigenvalue weighted by Gasteiger charge is -2.31. The summed E-state index contributed by atoms with van der Waals surface area (Å²) < 4.78 is 11.5. The number of benzene rings is 2. The van der Waals surface area contributed by atoms with Gasteiger partial charge in [-0.15, -0.1) is 0 Å². The average molecular weight is 313 g/mol. The molecule has 0 aliphatic heterocycles. The van der Waals surface area contributed by atoms with Crippen LogP contribution in [0.5, 0.6) is 11.5 Å². The molecule has 2 aromatic carbocycles. The summed E-state index contributed by atoms with van der Waals surface area (Å²) in [4.78, 5) is 0. The van der Waals surface area contributed by atoms with Crippen molar-refractivity contribution in [1.29, 1.82) is 0 Å². The summed E-state index contributed by atoms with van der Waals surface area (Å²) in [5.74, 6) is 1.60. The van der Waals surface area contributed by atoms with Gasteiger partial charge in [0.25, 0.3) is 0 Å². The normalized spacial score (nSPS) is 22.7. The molecule has 0 saturated carbocycles. The second-order valence-electron chi connectivity index (χ2n) is 6.14. The number of hydrogen-bond donors (Lipinski definition) is 2. The van der Waals surface area contributed by atoms with Crippen LogP contribution in [0.4, 0.5) is 0 Å². The van der Waals surface area contributed by atoms with Crippen molar-refractivity contribution < 1.29 is 14.6 Å². The predicted molar refractivity (Wildman–Crippen MR) is 90.1 cm³/mol. The monoisotopic (exact) mass is 313 g/mol. The van der Waals surface area contributed by atoms with Gasteiger partial charge in [-0.3, -0.25) is 0 Å². The summed E-state index contributed by atoms with van der Waals surface area (Å²) in [6.07, 6.45) is 0.133. The van der Waals surface area contributed by atoms with E-state index in [1.807, 2.05) is 56.4 Å². The first-order chi connectivity index (χ1) is 11.1. The highest BCUT2D eigenvalue weighted by Gasteiger charge is 2.46. The Morgan fingerprint density at radius 1 is 1.26 bits per heavy atom. The minimum absolute atomic E-state index is 0.406. The number of nitrogens with one attached hydrogen (secondary N) is 1. The van der Waals surface area contributed by atoms with Crippen LogP contribution in [0.1, 0.15) is 22.8 Å². The van der Waals surface area contributed by atoms with Crippen LogP contribution in [0.2, 0.25) is 0 Å². The van der Waals surface area contributed by atoms with Crippen LogP contribution in [-0.2, 0) is 6.42 Å². The number of rotatable bonds is 5. The largest absolute Gasteiger partial charge is 0.497 e. The van der Waals surface area contributed by atoms with Crippen molar-refractivity contribution in [3.8, 4) is 11.5 Å². The highest BCUT2D eigenvalue weighted by atomic mass is 16.5. The Morgan fingerprint density at radius 2 is 2.04 bits per heavy atom. The van der Waals surface area contributed by atoms with Crippen molar-refractivity contribution in [3.05, 3.63) is 59.2 Å². The Morgan fingerprint density at radius 3 is 2.74 bits per heavy atom. The van der Waals surface area contributed by atoms with Crippen molar-refractivity contribution in [1.82, 2.24) is 5.32 Å². The minimum atomic E-state index is -0.980. The molecule has 2 N–H and O–H groups in total. The predicted octanol–water partition coefficient (Wildman–Crippen LogP) is 2.63. The maximum Gasteiger partial charge on any atom is 0.154 e. The van der Waals surface area contributed by atoms with Gasteiger partial charge in [0.1, 0.15) is 17.1 Å². The molecule has 2 atom stereocenters. The van der Waals surface area contributed by atoms with E-state index in [4.69, 9.17) is 9.47 Å². The Bertz CT molecular complexity index is 701. The Balaban J connectivity index is 1.99. The van der Waals surface area contributed by atoms with Gasteiger partial charge in [-0.2, -0.15) is 0 Å². The molecule has 0 radical (unpaired) electrons. The molecule has 2 aromatic rings. The standard InChI is InChI=1S/C19H23NO3/c1-13-6-4-5-7-17(13)23-18-16-9-8-15(22-3)10-14(16)11-19(18,21)12-20-2/h4-10,18,20-21H,11-12H2,1-3H3/t18-,19+/m0/s1. The van der Waals surface area contributed by atoms with Crippen LogP contribution in [0.25, 0.3) is 0 Å². The van der Waals surface area contributed by atoms with E-state index in [-0.39, 0.29) is 0 Å². The van der Waals surface area contributed by atoms with E-state index in [1.54, 1.807) is 7.11 Å². The van der Waals surface area contributed by atoms with E-state index < -0.39 is 11.7 Å². The second kappa shape index (κ2) is 6.22. The molecule has 1 aliphatic rings. The molecular formula is C19H23NO3. The zero-order chi connectivity index (χ0) is 16.4. The molecule has 0 unspecified atom stereocenters. The van der Waals surface area contributed by atoms with Crippen LogP contribution in [0.15, 0.2) is 42.5 Å². The highest BCUT2D eigenvalue weighted by Crippen LogP contribution is 2.43. The van der Waals surface area contributed by atoms with Crippen molar-refractivity contribution in [2.24, 2.45) is 0 Å². The van der Waals surface area contributed by atoms with Crippen LogP contribution in [-0.4, -0.2) is 31.4 Å². The fraction of sp³-hybridized carbons (Fsp3) is 0.368. The molecule has 0 spiro atoms. The number of aryl methyl sites for hydroxylation is 1. The molecule has 0 heterocycles. The lowest BCUT2D eigenvalue weighted by atomic mass is 9.97. The lowest BCUT2D eigenvalue weighted by Crippen LogP contribution is -2.45. The molecule has 23 heavy (non-hydrogen) atoms. The molecule has 3 rings (SSSR count). The first-order valence-corrected chi connectivity index (χ1v) is 7.83. The Kier molecular flexibility index (Phi) is 4.28. The van der Waals surface area contributed by atoms with Gasteiger partial charge in [-0.1, -0.05) is 24.3 Å². The highest BCUT2D eigenvalue weighted by molar-refractivity contribution is 5.45. The van der Waals surface area contributed by atoms with Crippen molar-refractivity contribution in [3.63, 3.8) is 0 Å². The van der Waals surface area contributed by atoms with Gasteiger partial charge < -0.3 is 19.9 Å². The van der Waals surface area contributed by atoms with Crippen LogP contribution >= 0.6 is 0 Å². The van der Waals surface area contributed by atoms with E-state index in [9.17, 15) is 5.11 Å². The van der Waals surface area contributed by atoms with Gasteiger partial charge in [0, 0.05) is 13.0 Å². The van der Waals surface area contributed by atoms with Gasteiger partial charge in [-0.25, -0.2) is 0 Å². The third-order valence-corrected chi connectivity index (χ3v) is 4.44. The summed E-state index contributed by atoms with van der Waals surface area (Å²) in [6, 6.07) is 13.8. The lowest BCUT2D eigenvalue weighted by molar-refractivity contribution is -0.0486. The third kappa shape index (κ3) is 2.92. The van der Waals surface area contributed by atoms with Gasteiger partial charge in [0.05, 0.1) is 7.11 Å². The van der Waals surface area contributed by atoms with E-state index in [2.05, 4.69) is 5.32 Å². The summed E-state index contributed by atoms with van der Waals surface area (Å²) in [6.45, 7) is 2.47. The molecule has 0 aromatic heterocycles. The van der Waals surface area contributed by atoms with E-state index >= 15 is 0 Å². The van der Waals surface area contributed by atoms with Gasteiger partial charge in [-0.05, 0) is 48.9 Å². The maximum atomic E-state index is 11.2. The van der Waals surface area contributed by atoms with Crippen molar-refractivity contribution in [2.75, 3.05) is 20.7 Å². The Hall–Kier alpha value is -2.04. The minimum Gasteiger partial charge on any atom is -0.497 e. The maximum absolute atomic E-state index is 11.2. The molecule has 4 heteroatoms. The molecule has 0 saturated heterocycles. The number of para-hydroxylation sites is 1. The summed E-state index contributed by atoms with van der Waals surface area (Å²) in [5, 5.41) is 14.2. The van der Waals surface area contributed by atoms with Crippen LogP contribution in [0, 0.1) is 6.92 Å². The summed E-state index contributed by atoms with van der Waals surface area (Å²) in [7, 11) is 3.49. The number of likely N-dealkylation sites (N-methyl/N-ethyl adjacent to an activating group) is 1. The summed E-state index contributed by atoms with van der Waals surface area (Å²) in [5.41, 5.74) is 2.17. The summed E-state index contributed by atoms with van der Waals surface area (Å²) >= 11 is 0.